The summed E-state index contributed by atoms with van der Waals surface area (Å²) in [5.41, 5.74) is 1.32. The van der Waals surface area contributed by atoms with E-state index in [1.54, 1.807) is 0 Å². The number of benzene rings is 1. The van der Waals surface area contributed by atoms with Gasteiger partial charge >= 0.3 is 0 Å². The van der Waals surface area contributed by atoms with Crippen LogP contribution in [0.4, 0.5) is 0 Å². The molecule has 0 aromatic heterocycles. The fraction of sp³-hybridized carbons (Fsp3) is 0.500. The van der Waals surface area contributed by atoms with Gasteiger partial charge in [0.1, 0.15) is 0 Å². The monoisotopic (exact) mass is 245 g/mol. The highest BCUT2D eigenvalue weighted by atomic mass is 35.5. The molecule has 0 radical (unpaired) electrons. The van der Waals surface area contributed by atoms with Gasteiger partial charge in [-0.2, -0.15) is 0 Å². The highest BCUT2D eigenvalue weighted by molar-refractivity contribution is 6.18. The van der Waals surface area contributed by atoms with E-state index in [4.69, 9.17) is 23.4 Å². The lowest BCUT2D eigenvalue weighted by Gasteiger charge is -2.21. The van der Waals surface area contributed by atoms with Gasteiger partial charge in [0, 0.05) is 18.5 Å². The molecule has 0 heterocycles. The Hall–Kier alpha value is -0.240. The zero-order valence-corrected chi connectivity index (χ0v) is 10.5. The first-order chi connectivity index (χ1) is 7.24. The molecule has 0 amide bonds. The van der Waals surface area contributed by atoms with Gasteiger partial charge in [-0.25, -0.2) is 4.42 Å². The third kappa shape index (κ3) is 4.87. The van der Waals surface area contributed by atoms with Gasteiger partial charge in [-0.3, -0.25) is 0 Å². The van der Waals surface area contributed by atoms with Crippen LogP contribution in [0.2, 0.25) is 0 Å². The van der Waals surface area contributed by atoms with Crippen molar-refractivity contribution in [3.63, 3.8) is 0 Å². The average molecular weight is 246 g/mol. The Morgan fingerprint density at radius 3 is 2.53 bits per heavy atom. The van der Waals surface area contributed by atoms with Crippen molar-refractivity contribution in [2.75, 3.05) is 12.4 Å². The van der Waals surface area contributed by atoms with Crippen molar-refractivity contribution in [2.45, 2.75) is 25.8 Å². The first-order valence-electron chi connectivity index (χ1n) is 5.26. The topological polar surface area (TPSA) is 3.24 Å². The number of rotatable bonds is 6. The summed E-state index contributed by atoms with van der Waals surface area (Å²) in [5.74, 6) is 0.668. The molecule has 0 fully saturated rings. The molecule has 0 bridgehead atoms. The van der Waals surface area contributed by atoms with Gasteiger partial charge in [-0.15, -0.1) is 11.6 Å². The average Bonchev–Trinajstić information content (AvgIpc) is 2.27. The predicted octanol–water partition coefficient (Wildman–Crippen LogP) is 3.70. The van der Waals surface area contributed by atoms with Crippen LogP contribution in [-0.2, 0) is 6.42 Å². The lowest BCUT2D eigenvalue weighted by atomic mass is 10.1. The fourth-order valence-corrected chi connectivity index (χ4v) is 1.79. The molecule has 0 saturated heterocycles. The van der Waals surface area contributed by atoms with Gasteiger partial charge in [0.2, 0.25) is 0 Å². The van der Waals surface area contributed by atoms with Crippen LogP contribution in [0.5, 0.6) is 0 Å². The van der Waals surface area contributed by atoms with E-state index in [1.807, 2.05) is 10.5 Å². The normalized spacial score (nSPS) is 13.1. The Labute approximate surface area is 102 Å². The van der Waals surface area contributed by atoms with Crippen molar-refractivity contribution in [2.24, 2.45) is 0 Å². The molecule has 84 valence electrons. The largest absolute Gasteiger partial charge is 0.217 e. The third-order valence-corrected chi connectivity index (χ3v) is 3.13. The van der Waals surface area contributed by atoms with Crippen LogP contribution in [-0.4, -0.2) is 22.9 Å². The van der Waals surface area contributed by atoms with Gasteiger partial charge in [0.05, 0.1) is 0 Å². The summed E-state index contributed by atoms with van der Waals surface area (Å²) in [7, 11) is 0. The molecule has 1 aromatic carbocycles. The summed E-state index contributed by atoms with van der Waals surface area (Å²) in [5, 5.41) is 0. The quantitative estimate of drug-likeness (QED) is 0.546. The lowest BCUT2D eigenvalue weighted by Crippen LogP contribution is -2.27. The van der Waals surface area contributed by atoms with Crippen molar-refractivity contribution < 1.29 is 0 Å². The molecular weight excluding hydrogens is 229 g/mol. The van der Waals surface area contributed by atoms with Crippen LogP contribution in [0.1, 0.15) is 18.9 Å². The van der Waals surface area contributed by atoms with Crippen LogP contribution in [0.15, 0.2) is 30.3 Å². The van der Waals surface area contributed by atoms with Gasteiger partial charge in [0.25, 0.3) is 0 Å². The summed E-state index contributed by atoms with van der Waals surface area (Å²) in [6, 6.07) is 10.7. The summed E-state index contributed by atoms with van der Waals surface area (Å²) >= 11 is 11.8. The number of hydrogen-bond acceptors (Lipinski definition) is 1. The molecule has 1 nitrogen and oxygen atoms in total. The second-order valence-corrected chi connectivity index (χ2v) is 4.52. The summed E-state index contributed by atoms with van der Waals surface area (Å²) in [6.07, 6.45) is 1.91. The molecule has 15 heavy (non-hydrogen) atoms. The zero-order chi connectivity index (χ0) is 11.1. The zero-order valence-electron chi connectivity index (χ0n) is 9.00. The summed E-state index contributed by atoms with van der Waals surface area (Å²) in [4.78, 5) is 0. The highest BCUT2D eigenvalue weighted by Gasteiger charge is 2.10. The van der Waals surface area contributed by atoms with Crippen LogP contribution < -0.4 is 0 Å². The van der Waals surface area contributed by atoms with Crippen LogP contribution in [0.25, 0.3) is 0 Å². The number of halogens is 2. The van der Waals surface area contributed by atoms with E-state index in [-0.39, 0.29) is 0 Å². The molecule has 0 spiro atoms. The third-order valence-electron chi connectivity index (χ3n) is 2.36. The van der Waals surface area contributed by atoms with E-state index in [0.717, 1.165) is 19.4 Å². The van der Waals surface area contributed by atoms with Crippen molar-refractivity contribution in [1.29, 1.82) is 0 Å². The minimum absolute atomic E-state index is 0.345. The van der Waals surface area contributed by atoms with Crippen molar-refractivity contribution in [3.05, 3.63) is 35.9 Å². The molecule has 1 atom stereocenters. The second-order valence-electron chi connectivity index (χ2n) is 3.70. The molecule has 0 N–H and O–H groups in total. The maximum Gasteiger partial charge on any atom is 0.0263 e. The number of nitrogens with zero attached hydrogens (tertiary/aromatic N) is 1. The Kier molecular flexibility index (Phi) is 6.07. The first-order valence-corrected chi connectivity index (χ1v) is 6.13. The molecule has 0 aliphatic carbocycles. The molecule has 1 aromatic rings. The fourth-order valence-electron chi connectivity index (χ4n) is 1.49. The number of hydrogen-bond donors (Lipinski definition) is 0. The Morgan fingerprint density at radius 2 is 1.93 bits per heavy atom. The number of alkyl halides is 1. The Bertz CT molecular complexity index is 264. The smallest absolute Gasteiger partial charge is 0.0263 e. The van der Waals surface area contributed by atoms with Gasteiger partial charge in [0.15, 0.2) is 0 Å². The first kappa shape index (κ1) is 12.8. The van der Waals surface area contributed by atoms with E-state index in [0.29, 0.717) is 11.9 Å². The van der Waals surface area contributed by atoms with Gasteiger partial charge < -0.3 is 0 Å². The minimum atomic E-state index is 0.345. The van der Waals surface area contributed by atoms with E-state index < -0.39 is 0 Å². The van der Waals surface area contributed by atoms with Crippen LogP contribution >= 0.6 is 23.4 Å². The molecular formula is C12H17Cl2N. The molecule has 0 aliphatic rings. The maximum atomic E-state index is 6.13. The SMILES string of the molecule is CC(Cc1ccccc1)N(Cl)CCCCl. The summed E-state index contributed by atoms with van der Waals surface area (Å²) < 4.78 is 1.84. The Morgan fingerprint density at radius 1 is 1.27 bits per heavy atom. The van der Waals surface area contributed by atoms with Crippen molar-refractivity contribution in [3.8, 4) is 0 Å². The molecule has 1 rings (SSSR count). The second kappa shape index (κ2) is 7.10. The maximum absolute atomic E-state index is 6.13. The molecule has 0 aliphatic heterocycles. The molecule has 1 unspecified atom stereocenters. The van der Waals surface area contributed by atoms with Gasteiger partial charge in [-0.05, 0) is 37.1 Å². The molecule has 0 saturated carbocycles. The lowest BCUT2D eigenvalue weighted by molar-refractivity contribution is 0.358. The van der Waals surface area contributed by atoms with Crippen molar-refractivity contribution >= 4 is 23.4 Å². The minimum Gasteiger partial charge on any atom is -0.217 e. The van der Waals surface area contributed by atoms with Gasteiger partial charge in [-0.1, -0.05) is 30.3 Å². The summed E-state index contributed by atoms with van der Waals surface area (Å²) in [6.45, 7) is 2.98. The highest BCUT2D eigenvalue weighted by Crippen LogP contribution is 2.11. The van der Waals surface area contributed by atoms with E-state index >= 15 is 0 Å². The van der Waals surface area contributed by atoms with E-state index in [9.17, 15) is 0 Å². The van der Waals surface area contributed by atoms with E-state index in [1.165, 1.54) is 5.56 Å². The predicted molar refractivity (Wildman–Crippen MR) is 67.5 cm³/mol. The standard InChI is InChI=1S/C12H17Cl2N/c1-11(15(14)9-5-8-13)10-12-6-3-2-4-7-12/h2-4,6-7,11H,5,8-10H2,1H3. The molecule has 3 heteroatoms. The Balaban J connectivity index is 2.38. The van der Waals surface area contributed by atoms with Crippen molar-refractivity contribution in [1.82, 2.24) is 4.42 Å². The van der Waals surface area contributed by atoms with Crippen LogP contribution in [0.3, 0.4) is 0 Å². The van der Waals surface area contributed by atoms with Crippen LogP contribution in [0, 0.1) is 0 Å². The van der Waals surface area contributed by atoms with E-state index in [2.05, 4.69) is 31.2 Å².